The Labute approximate surface area is 241 Å². The van der Waals surface area contributed by atoms with E-state index in [9.17, 15) is 9.59 Å². The number of nitrogens with one attached hydrogen (secondary N) is 2. The maximum atomic E-state index is 16.7. The van der Waals surface area contributed by atoms with Gasteiger partial charge in [0.25, 0.3) is 0 Å². The van der Waals surface area contributed by atoms with E-state index < -0.39 is 59.4 Å². The van der Waals surface area contributed by atoms with Crippen molar-refractivity contribution in [3.8, 4) is 0 Å². The van der Waals surface area contributed by atoms with Crippen LogP contribution in [0.2, 0.25) is 0 Å². The summed E-state index contributed by atoms with van der Waals surface area (Å²) in [4.78, 5) is 24.9. The fourth-order valence-electron chi connectivity index (χ4n) is 5.90. The third kappa shape index (κ3) is 5.64. The molecule has 2 aliphatic rings. The first-order valence-corrected chi connectivity index (χ1v) is 17.0. The number of allylic oxidation sites excluding steroid dienone is 8. The van der Waals surface area contributed by atoms with E-state index in [4.69, 9.17) is 0 Å². The summed E-state index contributed by atoms with van der Waals surface area (Å²) in [6.07, 6.45) is 9.09. The van der Waals surface area contributed by atoms with Gasteiger partial charge in [0.2, 0.25) is 0 Å². The quantitative estimate of drug-likeness (QED) is 0.222. The molecule has 2 aromatic carbocycles. The van der Waals surface area contributed by atoms with Crippen molar-refractivity contribution in [2.45, 2.75) is 66.2 Å². The van der Waals surface area contributed by atoms with Gasteiger partial charge in [0.15, 0.2) is 0 Å². The van der Waals surface area contributed by atoms with Gasteiger partial charge in [-0.05, 0) is 0 Å². The molecule has 0 radical (unpaired) electrons. The third-order valence-corrected chi connectivity index (χ3v) is 16.1. The van der Waals surface area contributed by atoms with Crippen molar-refractivity contribution >= 4 is 30.9 Å². The molecule has 0 aliphatic heterocycles. The van der Waals surface area contributed by atoms with Crippen LogP contribution in [0.1, 0.15) is 66.2 Å². The average molecular weight is 602 g/mol. The number of carbonyl (C=O) groups is 2. The van der Waals surface area contributed by atoms with Crippen molar-refractivity contribution in [2.24, 2.45) is 0 Å². The van der Waals surface area contributed by atoms with Crippen molar-refractivity contribution in [1.29, 1.82) is 0 Å². The van der Waals surface area contributed by atoms with E-state index in [1.165, 1.54) is 0 Å². The number of halogens is 4. The molecule has 4 nitrogen and oxygen atoms in total. The fourth-order valence-corrected chi connectivity index (χ4v) is 15.0. The molecule has 0 heterocycles. The number of carbonyl (C=O) groups excluding carboxylic acids is 2. The Balaban J connectivity index is 2.15. The molecular weight excluding hydrogens is 568 g/mol. The van der Waals surface area contributed by atoms with E-state index in [0.29, 0.717) is 31.7 Å². The van der Waals surface area contributed by atoms with Crippen LogP contribution < -0.4 is 18.4 Å². The summed E-state index contributed by atoms with van der Waals surface area (Å²) in [7, 11) is 0. The van der Waals surface area contributed by atoms with Gasteiger partial charge in [-0.3, -0.25) is 0 Å². The van der Waals surface area contributed by atoms with Crippen LogP contribution in [0.3, 0.4) is 0 Å². The number of anilines is 2. The first kappa shape index (κ1) is 30.7. The monoisotopic (exact) mass is 602 g/mol. The summed E-state index contributed by atoms with van der Waals surface area (Å²) in [6, 6.07) is 4.40. The molecule has 0 atom stereocenters. The number of hydrogen-bond acceptors (Lipinski definition) is 2. The zero-order chi connectivity index (χ0) is 29.9. The zero-order valence-electron chi connectivity index (χ0n) is 23.7. The predicted octanol–water partition coefficient (Wildman–Crippen LogP) is 7.29. The van der Waals surface area contributed by atoms with Crippen LogP contribution in [0.4, 0.5) is 28.9 Å². The van der Waals surface area contributed by atoms with Crippen LogP contribution >= 0.6 is 0 Å². The van der Waals surface area contributed by atoms with E-state index in [1.54, 1.807) is 39.8 Å². The molecule has 0 aromatic heterocycles. The van der Waals surface area contributed by atoms with E-state index in [2.05, 4.69) is 10.6 Å². The maximum absolute atomic E-state index is 16.7. The van der Waals surface area contributed by atoms with Gasteiger partial charge in [-0.25, -0.2) is 0 Å². The summed E-state index contributed by atoms with van der Waals surface area (Å²) < 4.78 is 66.3. The first-order valence-electron chi connectivity index (χ1n) is 13.9. The van der Waals surface area contributed by atoms with Crippen molar-refractivity contribution < 1.29 is 43.7 Å². The van der Waals surface area contributed by atoms with E-state index in [0.717, 1.165) is 24.3 Å². The van der Waals surface area contributed by atoms with Gasteiger partial charge in [-0.1, -0.05) is 0 Å². The SMILES string of the molecule is CCCC(=O)Nc1ccc(F)[c]([Ti]([C]2=C(C)C=CC2)([C]2=C(C)C=CC2)[c]2c(F)ccc(NC(=O)CCC)c2F)c1F. The van der Waals surface area contributed by atoms with E-state index in [1.807, 2.05) is 12.2 Å². The van der Waals surface area contributed by atoms with Crippen LogP contribution in [0.15, 0.2) is 67.5 Å². The molecule has 9 heteroatoms. The molecule has 2 N–H and O–H groups in total. The standard InChI is InChI=1S/2C10H10F2NO.2C6H7.Ti/c2*1-2-3-10(14)13-9-5-4-7(11)6-8(9)12;2*1-6-4-2-3-5-6;/h2*4-5H,2-3H2,1H3,(H,13,14);2*2,4H,3H2,1H3;. The van der Waals surface area contributed by atoms with Gasteiger partial charge in [0.05, 0.1) is 0 Å². The van der Waals surface area contributed by atoms with Crippen LogP contribution in [-0.4, -0.2) is 11.8 Å². The zero-order valence-corrected chi connectivity index (χ0v) is 25.3. The molecule has 2 aliphatic carbocycles. The summed E-state index contributed by atoms with van der Waals surface area (Å²) in [6.45, 7) is 7.16. The molecule has 2 amide bonds. The van der Waals surface area contributed by atoms with Gasteiger partial charge >= 0.3 is 242 Å². The summed E-state index contributed by atoms with van der Waals surface area (Å²) in [5.74, 6) is -4.84. The van der Waals surface area contributed by atoms with Crippen LogP contribution in [0.5, 0.6) is 0 Å². The van der Waals surface area contributed by atoms with E-state index >= 15 is 17.6 Å². The van der Waals surface area contributed by atoms with Crippen LogP contribution in [-0.2, 0) is 26.2 Å². The van der Waals surface area contributed by atoms with Crippen molar-refractivity contribution in [3.63, 3.8) is 0 Å². The second kappa shape index (κ2) is 12.7. The van der Waals surface area contributed by atoms with Gasteiger partial charge in [-0.15, -0.1) is 0 Å². The van der Waals surface area contributed by atoms with Crippen molar-refractivity contribution in [1.82, 2.24) is 0 Å². The molecule has 2 aromatic rings. The molecule has 0 unspecified atom stereocenters. The van der Waals surface area contributed by atoms with Gasteiger partial charge in [0, 0.05) is 0 Å². The molecule has 0 saturated heterocycles. The molecular formula is C32H34F4N2O2Ti. The molecule has 0 fully saturated rings. The molecule has 0 bridgehead atoms. The summed E-state index contributed by atoms with van der Waals surface area (Å²) in [5.41, 5.74) is 0.902. The Bertz CT molecular complexity index is 1410. The Morgan fingerprint density at radius 1 is 0.707 bits per heavy atom. The Morgan fingerprint density at radius 3 is 1.41 bits per heavy atom. The van der Waals surface area contributed by atoms with Gasteiger partial charge in [0.1, 0.15) is 0 Å². The van der Waals surface area contributed by atoms with Crippen LogP contribution in [0.25, 0.3) is 0 Å². The molecule has 216 valence electrons. The third-order valence-electron chi connectivity index (χ3n) is 7.67. The number of benzene rings is 2. The predicted molar refractivity (Wildman–Crippen MR) is 152 cm³/mol. The molecule has 41 heavy (non-hydrogen) atoms. The molecule has 0 saturated carbocycles. The normalized spacial score (nSPS) is 14.8. The number of hydrogen-bond donors (Lipinski definition) is 2. The number of rotatable bonds is 10. The van der Waals surface area contributed by atoms with Gasteiger partial charge < -0.3 is 0 Å². The topological polar surface area (TPSA) is 58.2 Å². The Morgan fingerprint density at radius 2 is 1.10 bits per heavy atom. The summed E-state index contributed by atoms with van der Waals surface area (Å²) >= 11 is -5.16. The van der Waals surface area contributed by atoms with E-state index in [-0.39, 0.29) is 37.1 Å². The van der Waals surface area contributed by atoms with Crippen molar-refractivity contribution in [3.05, 3.63) is 90.7 Å². The molecule has 4 rings (SSSR count). The minimum absolute atomic E-state index is 0.129. The Kier molecular flexibility index (Phi) is 9.55. The van der Waals surface area contributed by atoms with Gasteiger partial charge in [-0.2, -0.15) is 0 Å². The van der Waals surface area contributed by atoms with Crippen LogP contribution in [0, 0.1) is 23.3 Å². The summed E-state index contributed by atoms with van der Waals surface area (Å²) in [5, 5.41) is 5.06. The molecule has 0 spiro atoms. The first-order chi connectivity index (χ1) is 19.6. The Hall–Kier alpha value is -3.23. The second-order valence-electron chi connectivity index (χ2n) is 10.5. The average Bonchev–Trinajstić information content (AvgIpc) is 3.55. The van der Waals surface area contributed by atoms with Crippen molar-refractivity contribution in [2.75, 3.05) is 10.6 Å². The fraction of sp³-hybridized carbons (Fsp3) is 0.312. The minimum atomic E-state index is -5.16. The second-order valence-corrected chi connectivity index (χ2v) is 16.2. The number of amides is 2.